The minimum atomic E-state index is 0.686. The van der Waals surface area contributed by atoms with Gasteiger partial charge in [-0.25, -0.2) is 5.32 Å². The third-order valence-corrected chi connectivity index (χ3v) is 4.27. The molecule has 0 saturated carbocycles. The largest absolute Gasteiger partial charge is 0.331 e. The van der Waals surface area contributed by atoms with Gasteiger partial charge in [0.2, 0.25) is 5.70 Å². The van der Waals surface area contributed by atoms with Crippen molar-refractivity contribution in [3.63, 3.8) is 0 Å². The molecule has 3 heteroatoms. The molecule has 1 aliphatic rings. The molecule has 115 valence electrons. The van der Waals surface area contributed by atoms with Gasteiger partial charge in [-0.2, -0.15) is 0 Å². The summed E-state index contributed by atoms with van der Waals surface area (Å²) in [6, 6.07) is 28.2. The van der Waals surface area contributed by atoms with Crippen molar-refractivity contribution in [2.75, 3.05) is 0 Å². The van der Waals surface area contributed by atoms with Crippen LogP contribution in [0.2, 0.25) is 5.02 Å². The topological polar surface area (TPSA) is 26.1 Å². The fraction of sp³-hybridized carbons (Fsp3) is 0. The number of hydrogen-bond donors (Lipinski definition) is 1. The molecule has 1 heterocycles. The zero-order chi connectivity index (χ0) is 16.4. The summed E-state index contributed by atoms with van der Waals surface area (Å²) in [4.78, 5) is 4.85. The highest BCUT2D eigenvalue weighted by Crippen LogP contribution is 2.27. The van der Waals surface area contributed by atoms with Crippen LogP contribution in [0.1, 0.15) is 16.7 Å². The lowest BCUT2D eigenvalue weighted by molar-refractivity contribution is 1.30. The second kappa shape index (κ2) is 6.34. The van der Waals surface area contributed by atoms with Gasteiger partial charge in [0.15, 0.2) is 5.70 Å². The Kier molecular flexibility index (Phi) is 3.89. The van der Waals surface area contributed by atoms with E-state index in [2.05, 4.69) is 29.6 Å². The molecule has 1 N–H and O–H groups in total. The average Bonchev–Trinajstić information content (AvgIpc) is 3.09. The maximum Gasteiger partial charge on any atom is 0.331 e. The summed E-state index contributed by atoms with van der Waals surface area (Å²) in [5, 5.41) is 4.14. The predicted molar refractivity (Wildman–Crippen MR) is 101 cm³/mol. The van der Waals surface area contributed by atoms with Crippen molar-refractivity contribution in [1.29, 1.82) is 0 Å². The number of hydrogen-bond acceptors (Lipinski definition) is 2. The van der Waals surface area contributed by atoms with Gasteiger partial charge in [0.05, 0.1) is 10.6 Å². The fourth-order valence-corrected chi connectivity index (χ4v) is 3.00. The van der Waals surface area contributed by atoms with Crippen LogP contribution in [-0.2, 0) is 0 Å². The maximum atomic E-state index is 6.35. The van der Waals surface area contributed by atoms with E-state index in [1.165, 1.54) is 0 Å². The van der Waals surface area contributed by atoms with E-state index in [-0.39, 0.29) is 0 Å². The van der Waals surface area contributed by atoms with Crippen molar-refractivity contribution in [2.45, 2.75) is 0 Å². The maximum absolute atomic E-state index is 6.35. The SMILES string of the molecule is Clc1ccccc1C1=[N+]C(c2ccccc2)=C(c2ccccc2)N1. The van der Waals surface area contributed by atoms with Crippen molar-refractivity contribution in [2.24, 2.45) is 0 Å². The molecule has 0 saturated heterocycles. The Bertz CT molecular complexity index is 928. The van der Waals surface area contributed by atoms with Gasteiger partial charge in [-0.15, -0.1) is 0 Å². The molecule has 3 aromatic rings. The molecule has 0 aliphatic carbocycles. The van der Waals surface area contributed by atoms with E-state index in [1.807, 2.05) is 60.7 Å². The smallest absolute Gasteiger partial charge is 0.232 e. The quantitative estimate of drug-likeness (QED) is 0.749. The summed E-state index contributed by atoms with van der Waals surface area (Å²) < 4.78 is 0. The van der Waals surface area contributed by atoms with Gasteiger partial charge >= 0.3 is 5.84 Å². The van der Waals surface area contributed by atoms with E-state index in [0.29, 0.717) is 5.02 Å². The normalized spacial score (nSPS) is 13.6. The minimum absolute atomic E-state index is 0.686. The Morgan fingerprint density at radius 1 is 0.667 bits per heavy atom. The number of halogens is 1. The van der Waals surface area contributed by atoms with Crippen LogP contribution in [0.4, 0.5) is 0 Å². The highest BCUT2D eigenvalue weighted by atomic mass is 35.5. The molecule has 3 aromatic carbocycles. The number of amidine groups is 1. The van der Waals surface area contributed by atoms with Crippen LogP contribution in [0.25, 0.3) is 11.4 Å². The van der Waals surface area contributed by atoms with Crippen LogP contribution in [-0.4, -0.2) is 5.84 Å². The first-order valence-corrected chi connectivity index (χ1v) is 8.16. The molecule has 4 rings (SSSR count). The second-order valence-corrected chi connectivity index (χ2v) is 5.93. The van der Waals surface area contributed by atoms with Gasteiger partial charge in [0.25, 0.3) is 0 Å². The van der Waals surface area contributed by atoms with Gasteiger partial charge in [-0.3, -0.25) is 0 Å². The summed E-state index contributed by atoms with van der Waals surface area (Å²) in [7, 11) is 0. The van der Waals surface area contributed by atoms with E-state index in [9.17, 15) is 0 Å². The highest BCUT2D eigenvalue weighted by molar-refractivity contribution is 6.34. The molecule has 1 aliphatic heterocycles. The number of benzene rings is 3. The third-order valence-electron chi connectivity index (χ3n) is 3.94. The summed E-state index contributed by atoms with van der Waals surface area (Å²) in [6.07, 6.45) is 0. The van der Waals surface area contributed by atoms with Crippen molar-refractivity contribution in [3.8, 4) is 0 Å². The molecule has 0 spiro atoms. The lowest BCUT2D eigenvalue weighted by Crippen LogP contribution is -2.21. The van der Waals surface area contributed by atoms with Crippen molar-refractivity contribution < 1.29 is 0 Å². The predicted octanol–water partition coefficient (Wildman–Crippen LogP) is 4.55. The van der Waals surface area contributed by atoms with Crippen LogP contribution < -0.4 is 10.3 Å². The Morgan fingerprint density at radius 3 is 1.92 bits per heavy atom. The molecule has 2 nitrogen and oxygen atoms in total. The Labute approximate surface area is 146 Å². The third kappa shape index (κ3) is 2.72. The van der Waals surface area contributed by atoms with Crippen LogP contribution >= 0.6 is 11.6 Å². The van der Waals surface area contributed by atoms with Crippen LogP contribution in [0.5, 0.6) is 0 Å². The first-order chi connectivity index (χ1) is 11.8. The summed E-state index contributed by atoms with van der Waals surface area (Å²) in [5.41, 5.74) is 5.00. The van der Waals surface area contributed by atoms with E-state index in [0.717, 1.165) is 33.9 Å². The van der Waals surface area contributed by atoms with E-state index in [4.69, 9.17) is 16.6 Å². The molecule has 0 unspecified atom stereocenters. The lowest BCUT2D eigenvalue weighted by atomic mass is 10.1. The van der Waals surface area contributed by atoms with Gasteiger partial charge in [0, 0.05) is 11.1 Å². The molecule has 0 atom stereocenters. The molecule has 0 aromatic heterocycles. The van der Waals surface area contributed by atoms with Gasteiger partial charge in [0.1, 0.15) is 0 Å². The monoisotopic (exact) mass is 330 g/mol. The fourth-order valence-electron chi connectivity index (χ4n) is 2.77. The van der Waals surface area contributed by atoms with Gasteiger partial charge in [-0.05, 0) is 17.1 Å². The van der Waals surface area contributed by atoms with E-state index < -0.39 is 0 Å². The Balaban J connectivity index is 1.84. The Morgan fingerprint density at radius 2 is 1.25 bits per heavy atom. The van der Waals surface area contributed by atoms with Crippen molar-refractivity contribution in [3.05, 3.63) is 107 Å². The van der Waals surface area contributed by atoms with Gasteiger partial charge in [-0.1, -0.05) is 84.4 Å². The van der Waals surface area contributed by atoms with Gasteiger partial charge < -0.3 is 0 Å². The number of rotatable bonds is 3. The van der Waals surface area contributed by atoms with E-state index >= 15 is 0 Å². The second-order valence-electron chi connectivity index (χ2n) is 5.52. The minimum Gasteiger partial charge on any atom is -0.232 e. The summed E-state index contributed by atoms with van der Waals surface area (Å²) in [5.74, 6) is 0.776. The highest BCUT2D eigenvalue weighted by Gasteiger charge is 2.32. The van der Waals surface area contributed by atoms with Crippen molar-refractivity contribution in [1.82, 2.24) is 10.3 Å². The summed E-state index contributed by atoms with van der Waals surface area (Å²) >= 11 is 6.35. The first kappa shape index (κ1) is 14.7. The lowest BCUT2D eigenvalue weighted by Gasteiger charge is -2.02. The molecule has 0 amide bonds. The number of nitrogens with zero attached hydrogens (tertiary/aromatic N) is 1. The standard InChI is InChI=1S/C21H15ClN2/c22-18-14-8-7-13-17(18)21-23-19(15-9-3-1-4-10-15)20(24-21)16-11-5-2-6-12-16/h1-14,23H/q+1. The number of nitrogens with one attached hydrogen (secondary N) is 1. The van der Waals surface area contributed by atoms with E-state index in [1.54, 1.807) is 0 Å². The summed E-state index contributed by atoms with van der Waals surface area (Å²) in [6.45, 7) is 0. The Hall–Kier alpha value is -2.84. The average molecular weight is 331 g/mol. The molecule has 0 fully saturated rings. The zero-order valence-electron chi connectivity index (χ0n) is 12.9. The zero-order valence-corrected chi connectivity index (χ0v) is 13.7. The van der Waals surface area contributed by atoms with Crippen LogP contribution in [0.3, 0.4) is 0 Å². The number of aliphatic imine (C=N–C) groups is 1. The van der Waals surface area contributed by atoms with Crippen LogP contribution in [0, 0.1) is 0 Å². The molecular weight excluding hydrogens is 316 g/mol. The first-order valence-electron chi connectivity index (χ1n) is 7.78. The molecule has 24 heavy (non-hydrogen) atoms. The molecular formula is C21H15ClN2+. The van der Waals surface area contributed by atoms with Crippen LogP contribution in [0.15, 0.2) is 84.9 Å². The van der Waals surface area contributed by atoms with Crippen molar-refractivity contribution >= 4 is 28.8 Å². The molecule has 1 radical (unpaired) electrons. The molecule has 0 bridgehead atoms.